The maximum atomic E-state index is 5.64. The molecule has 106 valence electrons. The molecule has 0 spiro atoms. The van der Waals surface area contributed by atoms with Crippen LogP contribution in [0.4, 0.5) is 0 Å². The molecule has 3 nitrogen and oxygen atoms in total. The summed E-state index contributed by atoms with van der Waals surface area (Å²) >= 11 is 0. The van der Waals surface area contributed by atoms with Crippen molar-refractivity contribution in [1.29, 1.82) is 0 Å². The summed E-state index contributed by atoms with van der Waals surface area (Å²) in [6, 6.07) is 0. The molecule has 2 saturated heterocycles. The van der Waals surface area contributed by atoms with Gasteiger partial charge in [0.25, 0.3) is 0 Å². The molecule has 0 bridgehead atoms. The van der Waals surface area contributed by atoms with Crippen molar-refractivity contribution in [2.45, 2.75) is 52.0 Å². The van der Waals surface area contributed by atoms with Gasteiger partial charge in [-0.25, -0.2) is 0 Å². The molecule has 2 rings (SSSR count). The van der Waals surface area contributed by atoms with Crippen LogP contribution in [0.1, 0.15) is 46.5 Å². The molecule has 3 heteroatoms. The average molecular weight is 254 g/mol. The topological polar surface area (TPSA) is 24.5 Å². The zero-order chi connectivity index (χ0) is 13.1. The van der Waals surface area contributed by atoms with E-state index in [-0.39, 0.29) is 5.54 Å². The van der Waals surface area contributed by atoms with Crippen LogP contribution in [0.25, 0.3) is 0 Å². The van der Waals surface area contributed by atoms with Crippen molar-refractivity contribution in [3.8, 4) is 0 Å². The second-order valence-electron chi connectivity index (χ2n) is 6.82. The molecule has 0 aliphatic carbocycles. The van der Waals surface area contributed by atoms with E-state index in [1.807, 2.05) is 0 Å². The predicted octanol–water partition coefficient (Wildman–Crippen LogP) is 2.27. The number of rotatable bonds is 4. The van der Waals surface area contributed by atoms with Crippen LogP contribution in [0.15, 0.2) is 0 Å². The van der Waals surface area contributed by atoms with E-state index in [0.717, 1.165) is 19.8 Å². The SMILES string of the molecule is CCCC1(CN2CCOCC2(C)C)CCCNC1. The maximum Gasteiger partial charge on any atom is 0.0645 e. The third kappa shape index (κ3) is 3.25. The molecule has 0 saturated carbocycles. The Hall–Kier alpha value is -0.120. The van der Waals surface area contributed by atoms with E-state index in [0.29, 0.717) is 5.41 Å². The molecule has 0 aromatic heterocycles. The fourth-order valence-corrected chi connectivity index (χ4v) is 3.58. The second-order valence-corrected chi connectivity index (χ2v) is 6.82. The molecular formula is C15H30N2O. The van der Waals surface area contributed by atoms with Gasteiger partial charge in [-0.3, -0.25) is 4.90 Å². The lowest BCUT2D eigenvalue weighted by atomic mass is 9.75. The first-order valence-electron chi connectivity index (χ1n) is 7.62. The first-order chi connectivity index (χ1) is 8.58. The van der Waals surface area contributed by atoms with Crippen LogP contribution in [0.2, 0.25) is 0 Å². The van der Waals surface area contributed by atoms with E-state index < -0.39 is 0 Å². The standard InChI is InChI=1S/C15H30N2O/c1-4-6-15(7-5-8-16-11-15)12-17-9-10-18-13-14(17,2)3/h16H,4-13H2,1-3H3. The van der Waals surface area contributed by atoms with Gasteiger partial charge in [-0.2, -0.15) is 0 Å². The van der Waals surface area contributed by atoms with Gasteiger partial charge in [-0.1, -0.05) is 13.3 Å². The Kier molecular flexibility index (Phi) is 4.68. The minimum atomic E-state index is 0.205. The fourth-order valence-electron chi connectivity index (χ4n) is 3.58. The summed E-state index contributed by atoms with van der Waals surface area (Å²) in [5.41, 5.74) is 0.706. The number of ether oxygens (including phenoxy) is 1. The van der Waals surface area contributed by atoms with E-state index in [4.69, 9.17) is 4.74 Å². The Morgan fingerprint density at radius 1 is 1.33 bits per heavy atom. The van der Waals surface area contributed by atoms with Gasteiger partial charge in [0.15, 0.2) is 0 Å². The summed E-state index contributed by atoms with van der Waals surface area (Å²) in [4.78, 5) is 2.67. The number of nitrogens with zero attached hydrogens (tertiary/aromatic N) is 1. The third-order valence-corrected chi connectivity index (χ3v) is 4.68. The van der Waals surface area contributed by atoms with Crippen molar-refractivity contribution >= 4 is 0 Å². The highest BCUT2D eigenvalue weighted by Crippen LogP contribution is 2.35. The van der Waals surface area contributed by atoms with E-state index in [2.05, 4.69) is 31.0 Å². The van der Waals surface area contributed by atoms with Crippen LogP contribution in [-0.2, 0) is 4.74 Å². The van der Waals surface area contributed by atoms with E-state index >= 15 is 0 Å². The molecular weight excluding hydrogens is 224 g/mol. The highest BCUT2D eigenvalue weighted by Gasteiger charge is 2.38. The Bertz CT molecular complexity index is 254. The zero-order valence-corrected chi connectivity index (χ0v) is 12.4. The predicted molar refractivity (Wildman–Crippen MR) is 75.9 cm³/mol. The molecule has 0 amide bonds. The summed E-state index contributed by atoms with van der Waals surface area (Å²) in [7, 11) is 0. The van der Waals surface area contributed by atoms with Gasteiger partial charge in [0.1, 0.15) is 0 Å². The van der Waals surface area contributed by atoms with Gasteiger partial charge >= 0.3 is 0 Å². The van der Waals surface area contributed by atoms with Crippen LogP contribution in [0.5, 0.6) is 0 Å². The van der Waals surface area contributed by atoms with Gasteiger partial charge in [0.05, 0.1) is 13.2 Å². The summed E-state index contributed by atoms with van der Waals surface area (Å²) in [6.45, 7) is 13.5. The van der Waals surface area contributed by atoms with Crippen LogP contribution >= 0.6 is 0 Å². The van der Waals surface area contributed by atoms with Gasteiger partial charge in [-0.15, -0.1) is 0 Å². The first-order valence-corrected chi connectivity index (χ1v) is 7.62. The molecule has 0 aromatic rings. The summed E-state index contributed by atoms with van der Waals surface area (Å²) in [5.74, 6) is 0. The van der Waals surface area contributed by atoms with E-state index in [1.54, 1.807) is 0 Å². The number of piperidine rings is 1. The summed E-state index contributed by atoms with van der Waals surface area (Å²) in [5, 5.41) is 3.62. The first kappa shape index (κ1) is 14.3. The monoisotopic (exact) mass is 254 g/mol. The Balaban J connectivity index is 2.03. The van der Waals surface area contributed by atoms with Crippen LogP contribution < -0.4 is 5.32 Å². The number of hydrogen-bond acceptors (Lipinski definition) is 3. The Labute approximate surface area is 112 Å². The normalized spacial score (nSPS) is 33.5. The van der Waals surface area contributed by atoms with Crippen molar-refractivity contribution in [3.63, 3.8) is 0 Å². The second kappa shape index (κ2) is 5.89. The van der Waals surface area contributed by atoms with Gasteiger partial charge < -0.3 is 10.1 Å². The lowest BCUT2D eigenvalue weighted by Crippen LogP contribution is -2.58. The molecule has 2 aliphatic heterocycles. The number of nitrogens with one attached hydrogen (secondary N) is 1. The van der Waals surface area contributed by atoms with Gasteiger partial charge in [-0.05, 0) is 45.1 Å². The summed E-state index contributed by atoms with van der Waals surface area (Å²) < 4.78 is 5.64. The molecule has 2 aliphatic rings. The van der Waals surface area contributed by atoms with E-state index in [1.165, 1.54) is 45.3 Å². The minimum Gasteiger partial charge on any atom is -0.378 e. The largest absolute Gasteiger partial charge is 0.378 e. The highest BCUT2D eigenvalue weighted by molar-refractivity contribution is 4.93. The van der Waals surface area contributed by atoms with Crippen molar-refractivity contribution < 1.29 is 4.74 Å². The quantitative estimate of drug-likeness (QED) is 0.833. The number of morpholine rings is 1. The smallest absolute Gasteiger partial charge is 0.0645 e. The van der Waals surface area contributed by atoms with E-state index in [9.17, 15) is 0 Å². The van der Waals surface area contributed by atoms with Crippen LogP contribution in [0, 0.1) is 5.41 Å². The average Bonchev–Trinajstić information content (AvgIpc) is 2.33. The fraction of sp³-hybridized carbons (Fsp3) is 1.00. The maximum absolute atomic E-state index is 5.64. The minimum absolute atomic E-state index is 0.205. The van der Waals surface area contributed by atoms with Gasteiger partial charge in [0.2, 0.25) is 0 Å². The highest BCUT2D eigenvalue weighted by atomic mass is 16.5. The number of hydrogen-bond donors (Lipinski definition) is 1. The van der Waals surface area contributed by atoms with Crippen LogP contribution in [0.3, 0.4) is 0 Å². The molecule has 2 fully saturated rings. The summed E-state index contributed by atoms with van der Waals surface area (Å²) in [6.07, 6.45) is 5.38. The third-order valence-electron chi connectivity index (χ3n) is 4.68. The lowest BCUT2D eigenvalue weighted by molar-refractivity contribution is -0.0722. The lowest BCUT2D eigenvalue weighted by Gasteiger charge is -2.49. The molecule has 0 radical (unpaired) electrons. The van der Waals surface area contributed by atoms with Crippen molar-refractivity contribution in [1.82, 2.24) is 10.2 Å². The van der Waals surface area contributed by atoms with Crippen molar-refractivity contribution in [2.24, 2.45) is 5.41 Å². The molecule has 2 heterocycles. The molecule has 1 unspecified atom stereocenters. The molecule has 1 atom stereocenters. The zero-order valence-electron chi connectivity index (χ0n) is 12.4. The molecule has 18 heavy (non-hydrogen) atoms. The Morgan fingerprint density at radius 2 is 2.17 bits per heavy atom. The van der Waals surface area contributed by atoms with Crippen molar-refractivity contribution in [2.75, 3.05) is 39.4 Å². The Morgan fingerprint density at radius 3 is 2.78 bits per heavy atom. The molecule has 1 N–H and O–H groups in total. The van der Waals surface area contributed by atoms with Gasteiger partial charge in [0, 0.05) is 25.2 Å². The molecule has 0 aromatic carbocycles. The van der Waals surface area contributed by atoms with Crippen molar-refractivity contribution in [3.05, 3.63) is 0 Å². The van der Waals surface area contributed by atoms with Crippen LogP contribution in [-0.4, -0.2) is 49.8 Å².